The zero-order valence-corrected chi connectivity index (χ0v) is 24.2. The number of nitrogens with zero attached hydrogens (tertiary/aromatic N) is 1. The number of unbranched alkanes of at least 4 members (excludes halogenated alkanes) is 1. The predicted octanol–water partition coefficient (Wildman–Crippen LogP) is 6.39. The van der Waals surface area contributed by atoms with Crippen molar-refractivity contribution in [1.29, 1.82) is 0 Å². The van der Waals surface area contributed by atoms with Crippen molar-refractivity contribution in [1.82, 2.24) is 4.90 Å². The molecule has 0 aliphatic carbocycles. The van der Waals surface area contributed by atoms with E-state index in [9.17, 15) is 14.7 Å². The average molecular weight is 557 g/mol. The summed E-state index contributed by atoms with van der Waals surface area (Å²) in [7, 11) is 0. The molecule has 1 saturated heterocycles. The van der Waals surface area contributed by atoms with Crippen molar-refractivity contribution >= 4 is 11.8 Å². The molecular weight excluding hydrogens is 512 g/mol. The molecule has 1 aliphatic rings. The molecule has 3 N–H and O–H groups in total. The van der Waals surface area contributed by atoms with Gasteiger partial charge in [-0.3, -0.25) is 9.59 Å². The van der Waals surface area contributed by atoms with Crippen molar-refractivity contribution < 1.29 is 19.4 Å². The summed E-state index contributed by atoms with van der Waals surface area (Å²) in [6, 6.07) is 28.0. The minimum absolute atomic E-state index is 0.0720. The van der Waals surface area contributed by atoms with Crippen LogP contribution in [0.5, 0.6) is 0 Å². The smallest absolute Gasteiger partial charge is 0.313 e. The van der Waals surface area contributed by atoms with Crippen LogP contribution in [0, 0.1) is 0 Å². The number of nitrogens with two attached hydrogens (primary N) is 1. The number of Topliss-reactive ketones (excluding diaryl/α,β-unsaturated/α-hetero) is 1. The second-order valence-corrected chi connectivity index (χ2v) is 11.4. The van der Waals surface area contributed by atoms with Crippen LogP contribution in [-0.2, 0) is 14.9 Å². The summed E-state index contributed by atoms with van der Waals surface area (Å²) in [5.74, 6) is -0.748. The van der Waals surface area contributed by atoms with E-state index >= 15 is 0 Å². The van der Waals surface area contributed by atoms with Gasteiger partial charge >= 0.3 is 5.97 Å². The Morgan fingerprint density at radius 2 is 1.49 bits per heavy atom. The molecule has 1 unspecified atom stereocenters. The second-order valence-electron chi connectivity index (χ2n) is 11.4. The number of ether oxygens (including phenoxy) is 1. The molecule has 6 nitrogen and oxygen atoms in total. The largest absolute Gasteiger partial charge is 0.481 e. The van der Waals surface area contributed by atoms with Crippen molar-refractivity contribution in [2.45, 2.75) is 69.5 Å². The van der Waals surface area contributed by atoms with Gasteiger partial charge in [0.15, 0.2) is 5.78 Å². The maximum Gasteiger partial charge on any atom is 0.313 e. The molecule has 1 fully saturated rings. The number of hydrogen-bond donors (Lipinski definition) is 2. The van der Waals surface area contributed by atoms with Crippen molar-refractivity contribution in [3.8, 4) is 0 Å². The Bertz CT molecular complexity index is 1180. The van der Waals surface area contributed by atoms with Crippen LogP contribution in [0.3, 0.4) is 0 Å². The first-order chi connectivity index (χ1) is 19.9. The minimum atomic E-state index is -0.977. The van der Waals surface area contributed by atoms with Gasteiger partial charge in [0.1, 0.15) is 6.10 Å². The molecule has 0 radical (unpaired) electrons. The lowest BCUT2D eigenvalue weighted by Crippen LogP contribution is -2.38. The predicted molar refractivity (Wildman–Crippen MR) is 163 cm³/mol. The lowest BCUT2D eigenvalue weighted by Gasteiger charge is -2.34. The van der Waals surface area contributed by atoms with Crippen LogP contribution in [0.2, 0.25) is 0 Å². The van der Waals surface area contributed by atoms with E-state index in [-0.39, 0.29) is 18.0 Å². The lowest BCUT2D eigenvalue weighted by molar-refractivity contribution is -0.143. The first kappa shape index (κ1) is 30.6. The van der Waals surface area contributed by atoms with E-state index < -0.39 is 11.4 Å². The molecular formula is C35H44N2O4. The molecule has 1 atom stereocenters. The van der Waals surface area contributed by atoms with Gasteiger partial charge in [-0.2, -0.15) is 0 Å². The van der Waals surface area contributed by atoms with Gasteiger partial charge in [0.05, 0.1) is 11.5 Å². The topological polar surface area (TPSA) is 92.9 Å². The molecule has 0 bridgehead atoms. The molecule has 6 heteroatoms. The molecule has 0 aromatic heterocycles. The van der Waals surface area contributed by atoms with Crippen LogP contribution in [0.1, 0.15) is 85.0 Å². The van der Waals surface area contributed by atoms with Crippen molar-refractivity contribution in [2.75, 3.05) is 26.2 Å². The Hall–Kier alpha value is -3.32. The number of hydrogen-bond acceptors (Lipinski definition) is 5. The number of carboxylic acids is 1. The van der Waals surface area contributed by atoms with Gasteiger partial charge in [0, 0.05) is 25.1 Å². The quantitative estimate of drug-likeness (QED) is 0.166. The van der Waals surface area contributed by atoms with Crippen LogP contribution in [0.15, 0.2) is 84.9 Å². The monoisotopic (exact) mass is 556 g/mol. The fraction of sp³-hybridized carbons (Fsp3) is 0.429. The van der Waals surface area contributed by atoms with Crippen molar-refractivity contribution in [3.63, 3.8) is 0 Å². The molecule has 4 rings (SSSR count). The third-order valence-corrected chi connectivity index (χ3v) is 8.39. The van der Waals surface area contributed by atoms with Gasteiger partial charge in [0.2, 0.25) is 0 Å². The number of benzene rings is 3. The van der Waals surface area contributed by atoms with Crippen LogP contribution in [-0.4, -0.2) is 54.0 Å². The number of piperidine rings is 1. The molecule has 0 amide bonds. The number of rotatable bonds is 15. The Morgan fingerprint density at radius 1 is 0.902 bits per heavy atom. The normalized spacial score (nSPS) is 16.0. The zero-order chi connectivity index (χ0) is 29.1. The highest BCUT2D eigenvalue weighted by Gasteiger charge is 2.34. The average Bonchev–Trinajstić information content (AvgIpc) is 3.01. The van der Waals surface area contributed by atoms with E-state index in [1.807, 2.05) is 12.1 Å². The van der Waals surface area contributed by atoms with Gasteiger partial charge in [-0.1, -0.05) is 91.3 Å². The summed E-state index contributed by atoms with van der Waals surface area (Å²) in [5.41, 5.74) is 8.32. The molecule has 218 valence electrons. The van der Waals surface area contributed by atoms with Crippen molar-refractivity contribution in [3.05, 3.63) is 107 Å². The Balaban J connectivity index is 1.23. The van der Waals surface area contributed by atoms with E-state index in [2.05, 4.69) is 53.4 Å². The first-order valence-electron chi connectivity index (χ1n) is 15.0. The minimum Gasteiger partial charge on any atom is -0.481 e. The van der Waals surface area contributed by atoms with E-state index in [4.69, 9.17) is 10.5 Å². The van der Waals surface area contributed by atoms with E-state index in [0.29, 0.717) is 24.9 Å². The Kier molecular flexibility index (Phi) is 11.3. The zero-order valence-electron chi connectivity index (χ0n) is 24.2. The molecule has 3 aromatic carbocycles. The van der Waals surface area contributed by atoms with E-state index in [0.717, 1.165) is 57.3 Å². The molecule has 41 heavy (non-hydrogen) atoms. The maximum absolute atomic E-state index is 12.9. The number of likely N-dealkylation sites (tertiary alicyclic amines) is 1. The summed E-state index contributed by atoms with van der Waals surface area (Å²) >= 11 is 0. The summed E-state index contributed by atoms with van der Waals surface area (Å²) in [6.07, 6.45) is 5.42. The highest BCUT2D eigenvalue weighted by Crippen LogP contribution is 2.31. The van der Waals surface area contributed by atoms with Crippen LogP contribution >= 0.6 is 0 Å². The fourth-order valence-corrected chi connectivity index (χ4v) is 5.70. The molecule has 1 aliphatic heterocycles. The number of aliphatic carboxylic acids is 1. The van der Waals surface area contributed by atoms with Gasteiger partial charge in [-0.15, -0.1) is 0 Å². The van der Waals surface area contributed by atoms with E-state index in [1.54, 1.807) is 31.2 Å². The third-order valence-electron chi connectivity index (χ3n) is 8.39. The van der Waals surface area contributed by atoms with Crippen LogP contribution < -0.4 is 5.73 Å². The maximum atomic E-state index is 12.9. The Morgan fingerprint density at radius 3 is 2.02 bits per heavy atom. The summed E-state index contributed by atoms with van der Waals surface area (Å²) in [5, 5.41) is 9.86. The second kappa shape index (κ2) is 15.1. The lowest BCUT2D eigenvalue weighted by atomic mass is 9.78. The highest BCUT2D eigenvalue weighted by molar-refractivity contribution is 5.96. The van der Waals surface area contributed by atoms with Crippen LogP contribution in [0.4, 0.5) is 0 Å². The van der Waals surface area contributed by atoms with Crippen LogP contribution in [0.25, 0.3) is 0 Å². The summed E-state index contributed by atoms with van der Waals surface area (Å²) in [6.45, 7) is 5.11. The number of carbonyl (C=O) groups excluding carboxylic acids is 1. The Labute approximate surface area is 244 Å². The van der Waals surface area contributed by atoms with Gasteiger partial charge < -0.3 is 20.5 Å². The molecule has 0 saturated carbocycles. The number of carbonyl (C=O) groups is 2. The van der Waals surface area contributed by atoms with Gasteiger partial charge in [-0.25, -0.2) is 0 Å². The summed E-state index contributed by atoms with van der Waals surface area (Å²) < 4.78 is 6.66. The summed E-state index contributed by atoms with van der Waals surface area (Å²) in [4.78, 5) is 27.3. The first-order valence-corrected chi connectivity index (χ1v) is 15.0. The molecule has 0 spiro atoms. The standard InChI is InChI=1S/C35H44N2O4/c1-35(34(39)40,22-8-9-23-36)30-18-16-27(17-19-30)32(38)15-10-24-37-25-20-31(21-26-37)41-33(28-11-4-2-5-12-28)29-13-6-3-7-14-29/h2-7,11-14,16-19,31,33H,8-10,15,20-26,36H2,1H3,(H,39,40). The molecule has 1 heterocycles. The van der Waals surface area contributed by atoms with Crippen molar-refractivity contribution in [2.24, 2.45) is 5.73 Å². The third kappa shape index (κ3) is 8.35. The van der Waals surface area contributed by atoms with Gasteiger partial charge in [0.25, 0.3) is 0 Å². The van der Waals surface area contributed by atoms with E-state index in [1.165, 1.54) is 11.1 Å². The SMILES string of the molecule is CC(CCCCN)(C(=O)O)c1ccc(C(=O)CCCN2CCC(OC(c3ccccc3)c3ccccc3)CC2)cc1. The fourth-order valence-electron chi connectivity index (χ4n) is 5.70. The number of carboxylic acid groups (broad SMARTS) is 1. The molecule has 3 aromatic rings. The van der Waals surface area contributed by atoms with Gasteiger partial charge in [-0.05, 0) is 68.8 Å². The highest BCUT2D eigenvalue weighted by atomic mass is 16.5. The number of ketones is 1.